The molecule has 0 aliphatic heterocycles. The van der Waals surface area contributed by atoms with Crippen LogP contribution in [-0.2, 0) is 48.6 Å². The summed E-state index contributed by atoms with van der Waals surface area (Å²) in [6, 6.07) is 0. The van der Waals surface area contributed by atoms with Crippen molar-refractivity contribution < 1.29 is 90.3 Å². The maximum atomic E-state index is 0. The molecule has 0 aromatic carbocycles. The molecule has 4 heteroatoms. The SMILES string of the molecule is [Ag].[Bi].[Ce].[Zr]. The molecule has 0 rings (SSSR count). The molecular weight excluding hydrogens is 548 g/mol. The van der Waals surface area contributed by atoms with E-state index in [-0.39, 0.29) is 117 Å². The summed E-state index contributed by atoms with van der Waals surface area (Å²) in [7, 11) is 0. The molecule has 0 aromatic rings. The second-order valence-electron chi connectivity index (χ2n) is 0. The molecule has 0 heterocycles. The van der Waals surface area contributed by atoms with Crippen LogP contribution in [0.4, 0.5) is 0 Å². The summed E-state index contributed by atoms with van der Waals surface area (Å²) in [5.74, 6) is 0. The van der Waals surface area contributed by atoms with E-state index in [2.05, 4.69) is 0 Å². The van der Waals surface area contributed by atoms with Gasteiger partial charge in [-0.05, 0) is 0 Å². The second-order valence-corrected chi connectivity index (χ2v) is 0. The Balaban J connectivity index is 0. The molecule has 0 unspecified atom stereocenters. The second kappa shape index (κ2) is 15.8. The molecule has 0 nitrogen and oxygen atoms in total. The molecule has 0 bridgehead atoms. The Morgan fingerprint density at radius 1 is 1.00 bits per heavy atom. The first kappa shape index (κ1) is 24.8. The van der Waals surface area contributed by atoms with Crippen molar-refractivity contribution in [3.63, 3.8) is 0 Å². The van der Waals surface area contributed by atoms with Crippen molar-refractivity contribution >= 4 is 26.2 Å². The van der Waals surface area contributed by atoms with Crippen LogP contribution >= 0.6 is 0 Å². The van der Waals surface area contributed by atoms with Crippen molar-refractivity contribution in [1.29, 1.82) is 0 Å². The molecule has 0 aliphatic rings. The van der Waals surface area contributed by atoms with Gasteiger partial charge in [0.2, 0.25) is 0 Å². The molecule has 0 aromatic heterocycles. The van der Waals surface area contributed by atoms with Crippen molar-refractivity contribution in [3.8, 4) is 0 Å². The molecule has 0 saturated heterocycles. The molecule has 0 aliphatic carbocycles. The zero-order valence-electron chi connectivity index (χ0n) is 1.75. The van der Waals surface area contributed by atoms with Crippen LogP contribution in [0, 0.1) is 41.7 Å². The molecular formula is AgBiCeZr. The molecule has 4 heavy (non-hydrogen) atoms. The Morgan fingerprint density at radius 3 is 1.00 bits per heavy atom. The quantitative estimate of drug-likeness (QED) is 0.363. The van der Waals surface area contributed by atoms with E-state index < -0.39 is 0 Å². The fourth-order valence-electron chi connectivity index (χ4n) is 0. The van der Waals surface area contributed by atoms with Crippen LogP contribution in [0.3, 0.4) is 0 Å². The van der Waals surface area contributed by atoms with Crippen LogP contribution in [0.25, 0.3) is 0 Å². The van der Waals surface area contributed by atoms with E-state index in [1.165, 1.54) is 0 Å². The third-order valence-corrected chi connectivity index (χ3v) is 0. The Morgan fingerprint density at radius 2 is 1.00 bits per heavy atom. The monoisotopic (exact) mass is 546 g/mol. The van der Waals surface area contributed by atoms with Crippen molar-refractivity contribution in [3.05, 3.63) is 0 Å². The van der Waals surface area contributed by atoms with Gasteiger partial charge in [-0.1, -0.05) is 0 Å². The topological polar surface area (TPSA) is 0 Å². The molecule has 4 radical (unpaired) electrons. The van der Waals surface area contributed by atoms with Gasteiger partial charge in [-0.3, -0.25) is 0 Å². The van der Waals surface area contributed by atoms with E-state index in [1.807, 2.05) is 0 Å². The van der Waals surface area contributed by atoms with Gasteiger partial charge in [0.1, 0.15) is 0 Å². The third-order valence-electron chi connectivity index (χ3n) is 0. The van der Waals surface area contributed by atoms with E-state index in [4.69, 9.17) is 0 Å². The minimum Gasteiger partial charge on any atom is 0 e. The van der Waals surface area contributed by atoms with Crippen molar-refractivity contribution in [2.24, 2.45) is 0 Å². The van der Waals surface area contributed by atoms with Crippen molar-refractivity contribution in [2.75, 3.05) is 0 Å². The predicted octanol–water partition coefficient (Wildman–Crippen LogP) is -0.386. The van der Waals surface area contributed by atoms with Crippen molar-refractivity contribution in [1.82, 2.24) is 0 Å². The van der Waals surface area contributed by atoms with Gasteiger partial charge in [-0.15, -0.1) is 0 Å². The van der Waals surface area contributed by atoms with Crippen LogP contribution in [0.15, 0.2) is 0 Å². The van der Waals surface area contributed by atoms with Gasteiger partial charge < -0.3 is 0 Å². The van der Waals surface area contributed by atoms with Crippen LogP contribution in [0.1, 0.15) is 0 Å². The number of rotatable bonds is 0. The van der Waals surface area contributed by atoms with Crippen molar-refractivity contribution in [2.45, 2.75) is 0 Å². The van der Waals surface area contributed by atoms with Crippen LogP contribution in [-0.4, -0.2) is 26.2 Å². The zero-order valence-corrected chi connectivity index (χ0v) is 12.3. The summed E-state index contributed by atoms with van der Waals surface area (Å²) in [6.45, 7) is 0. The van der Waals surface area contributed by atoms with Gasteiger partial charge in [0.25, 0.3) is 0 Å². The van der Waals surface area contributed by atoms with Crippen LogP contribution in [0.5, 0.6) is 0 Å². The smallest absolute Gasteiger partial charge is 0 e. The summed E-state index contributed by atoms with van der Waals surface area (Å²) >= 11 is 0. The maximum Gasteiger partial charge on any atom is 0 e. The van der Waals surface area contributed by atoms with Crippen LogP contribution in [0.2, 0.25) is 0 Å². The first-order valence-corrected chi connectivity index (χ1v) is 0. The van der Waals surface area contributed by atoms with Gasteiger partial charge in [0.15, 0.2) is 0 Å². The Bertz CT molecular complexity index is 8.00. The average molecular weight is 548 g/mol. The van der Waals surface area contributed by atoms with E-state index in [0.717, 1.165) is 0 Å². The molecule has 0 amide bonds. The predicted molar refractivity (Wildman–Crippen MR) is 5.75 cm³/mol. The Hall–Kier alpha value is 3.88. The summed E-state index contributed by atoms with van der Waals surface area (Å²) in [4.78, 5) is 0. The first-order chi connectivity index (χ1) is 0. The average Bonchev–Trinajstić information content (AvgIpc) is 0. The molecule has 0 fully saturated rings. The summed E-state index contributed by atoms with van der Waals surface area (Å²) in [5, 5.41) is 0. The minimum absolute atomic E-state index is 0. The van der Waals surface area contributed by atoms with E-state index >= 15 is 0 Å². The Labute approximate surface area is 113 Å². The first-order valence-electron chi connectivity index (χ1n) is 0. The molecule has 0 saturated carbocycles. The fraction of sp³-hybridized carbons (Fsp3) is 0. The molecule has 24 valence electrons. The fourth-order valence-corrected chi connectivity index (χ4v) is 0. The van der Waals surface area contributed by atoms with E-state index in [0.29, 0.717) is 0 Å². The Kier molecular flexibility index (Phi) is 97.8. The van der Waals surface area contributed by atoms with Gasteiger partial charge in [0.05, 0.1) is 0 Å². The number of hydrogen-bond donors (Lipinski definition) is 0. The van der Waals surface area contributed by atoms with Gasteiger partial charge in [-0.2, -0.15) is 0 Å². The number of hydrogen-bond acceptors (Lipinski definition) is 0. The largest absolute Gasteiger partial charge is 0 e. The maximum absolute atomic E-state index is 0. The van der Waals surface area contributed by atoms with E-state index in [9.17, 15) is 0 Å². The van der Waals surface area contributed by atoms with Crippen LogP contribution < -0.4 is 0 Å². The third kappa shape index (κ3) is 9.30. The van der Waals surface area contributed by atoms with Gasteiger partial charge >= 0.3 is 0 Å². The van der Waals surface area contributed by atoms with Gasteiger partial charge in [-0.25, -0.2) is 0 Å². The molecule has 0 spiro atoms. The summed E-state index contributed by atoms with van der Waals surface area (Å²) in [6.07, 6.45) is 0. The minimum atomic E-state index is 0. The normalized spacial score (nSPS) is 0. The van der Waals surface area contributed by atoms with E-state index in [1.54, 1.807) is 0 Å². The molecule has 0 atom stereocenters. The zero-order chi connectivity index (χ0) is 0. The van der Waals surface area contributed by atoms with Gasteiger partial charge in [0, 0.05) is 117 Å². The standard InChI is InChI=1S/Ag.Bi.Ce.Zr. The molecule has 0 N–H and O–H groups in total. The summed E-state index contributed by atoms with van der Waals surface area (Å²) < 4.78 is 0. The summed E-state index contributed by atoms with van der Waals surface area (Å²) in [5.41, 5.74) is 0.